The van der Waals surface area contributed by atoms with E-state index < -0.39 is 5.41 Å². The molecule has 5 rings (SSSR count). The third-order valence-electron chi connectivity index (χ3n) is 5.81. The van der Waals surface area contributed by atoms with Crippen molar-refractivity contribution in [3.8, 4) is 11.3 Å². The fourth-order valence-electron chi connectivity index (χ4n) is 3.94. The molecule has 1 aliphatic carbocycles. The summed E-state index contributed by atoms with van der Waals surface area (Å²) in [5.74, 6) is -0.276. The van der Waals surface area contributed by atoms with Gasteiger partial charge in [0, 0.05) is 29.1 Å². The number of nitrogens with zero attached hydrogens (tertiary/aromatic N) is 3. The fourth-order valence-corrected chi connectivity index (χ4v) is 3.94. The largest absolute Gasteiger partial charge is 0.369 e. The summed E-state index contributed by atoms with van der Waals surface area (Å²) in [6, 6.07) is 8.34. The van der Waals surface area contributed by atoms with E-state index in [1.165, 1.54) is 5.56 Å². The van der Waals surface area contributed by atoms with E-state index in [-0.39, 0.29) is 5.91 Å². The van der Waals surface area contributed by atoms with Crippen molar-refractivity contribution in [1.29, 1.82) is 0 Å². The number of nitrogens with two attached hydrogens (primary N) is 1. The number of aromatic amines is 1. The topological polar surface area (TPSA) is 89.6 Å². The molecular weight excluding hydrogens is 326 g/mol. The lowest BCUT2D eigenvalue weighted by Gasteiger charge is -2.10. The van der Waals surface area contributed by atoms with Gasteiger partial charge in [-0.3, -0.25) is 14.9 Å². The summed E-state index contributed by atoms with van der Waals surface area (Å²) in [6.45, 7) is 2.11. The number of carbonyl (C=O) groups is 1. The lowest BCUT2D eigenvalue weighted by atomic mass is 9.99. The number of pyridine rings is 1. The first kappa shape index (κ1) is 15.1. The standard InChI is InChI=1S/C20H19N5O/c1-11-13(3-4-15-14(11)9-23-24-15)16-7-12-8-18(20(5-6-20)19(21)26)22-10-17(12)25(16)2/h3-4,7-10H,5-6H2,1-2H3,(H2,21,26)(H,23,24). The van der Waals surface area contributed by atoms with Crippen molar-refractivity contribution in [3.63, 3.8) is 0 Å². The molecule has 4 aromatic rings. The normalized spacial score (nSPS) is 15.6. The van der Waals surface area contributed by atoms with Crippen molar-refractivity contribution in [1.82, 2.24) is 19.7 Å². The summed E-state index contributed by atoms with van der Waals surface area (Å²) in [5.41, 5.74) is 11.4. The second-order valence-electron chi connectivity index (χ2n) is 7.23. The van der Waals surface area contributed by atoms with Crippen molar-refractivity contribution < 1.29 is 4.79 Å². The lowest BCUT2D eigenvalue weighted by Crippen LogP contribution is -2.29. The third kappa shape index (κ3) is 1.89. The molecule has 130 valence electrons. The van der Waals surface area contributed by atoms with Crippen molar-refractivity contribution >= 4 is 27.7 Å². The van der Waals surface area contributed by atoms with E-state index >= 15 is 0 Å². The SMILES string of the molecule is Cc1c(-c2cc3cc(C4(C(N)=O)CC4)ncc3n2C)ccc2[nH]ncc12. The van der Waals surface area contributed by atoms with Crippen molar-refractivity contribution in [2.24, 2.45) is 12.8 Å². The lowest BCUT2D eigenvalue weighted by molar-refractivity contribution is -0.120. The van der Waals surface area contributed by atoms with Gasteiger partial charge in [-0.15, -0.1) is 0 Å². The van der Waals surface area contributed by atoms with Gasteiger partial charge in [-0.05, 0) is 43.5 Å². The Morgan fingerprint density at radius 3 is 2.81 bits per heavy atom. The van der Waals surface area contributed by atoms with Crippen LogP contribution < -0.4 is 5.73 Å². The summed E-state index contributed by atoms with van der Waals surface area (Å²) in [7, 11) is 2.04. The van der Waals surface area contributed by atoms with Gasteiger partial charge in [0.05, 0.1) is 34.5 Å². The van der Waals surface area contributed by atoms with Crippen LogP contribution in [0.3, 0.4) is 0 Å². The number of rotatable bonds is 3. The molecule has 26 heavy (non-hydrogen) atoms. The first-order valence-electron chi connectivity index (χ1n) is 8.70. The average Bonchev–Trinajstić information content (AvgIpc) is 3.20. The van der Waals surface area contributed by atoms with Crippen LogP contribution in [-0.4, -0.2) is 25.7 Å². The van der Waals surface area contributed by atoms with Gasteiger partial charge in [-0.2, -0.15) is 5.10 Å². The number of fused-ring (bicyclic) bond motifs is 2. The summed E-state index contributed by atoms with van der Waals surface area (Å²) >= 11 is 0. The van der Waals surface area contributed by atoms with Gasteiger partial charge in [0.25, 0.3) is 0 Å². The van der Waals surface area contributed by atoms with E-state index in [9.17, 15) is 4.79 Å². The Bertz CT molecular complexity index is 1200. The Balaban J connectivity index is 1.70. The Kier molecular flexibility index (Phi) is 2.88. The molecule has 0 radical (unpaired) electrons. The Labute approximate surface area is 150 Å². The minimum atomic E-state index is -0.560. The van der Waals surface area contributed by atoms with Crippen LogP contribution in [0.1, 0.15) is 24.1 Å². The highest BCUT2D eigenvalue weighted by Crippen LogP contribution is 2.47. The van der Waals surface area contributed by atoms with Crippen LogP contribution in [0.2, 0.25) is 0 Å². The van der Waals surface area contributed by atoms with Gasteiger partial charge in [0.15, 0.2) is 0 Å². The molecule has 3 N–H and O–H groups in total. The minimum Gasteiger partial charge on any atom is -0.369 e. The number of aromatic nitrogens is 4. The Morgan fingerprint density at radius 1 is 1.27 bits per heavy atom. The molecule has 1 saturated carbocycles. The number of hydrogen-bond donors (Lipinski definition) is 2. The molecule has 0 atom stereocenters. The van der Waals surface area contributed by atoms with Gasteiger partial charge in [-0.25, -0.2) is 0 Å². The quantitative estimate of drug-likeness (QED) is 0.598. The third-order valence-corrected chi connectivity index (χ3v) is 5.81. The first-order chi connectivity index (χ1) is 12.5. The van der Waals surface area contributed by atoms with E-state index in [2.05, 4.69) is 44.9 Å². The van der Waals surface area contributed by atoms with Crippen molar-refractivity contribution in [2.75, 3.05) is 0 Å². The second kappa shape index (κ2) is 4.94. The van der Waals surface area contributed by atoms with Gasteiger partial charge in [0.1, 0.15) is 0 Å². The fraction of sp³-hybridized carbons (Fsp3) is 0.250. The summed E-state index contributed by atoms with van der Waals surface area (Å²) < 4.78 is 2.14. The zero-order valence-electron chi connectivity index (χ0n) is 14.7. The monoisotopic (exact) mass is 345 g/mol. The molecule has 0 aliphatic heterocycles. The van der Waals surface area contributed by atoms with Crippen LogP contribution in [0.5, 0.6) is 0 Å². The molecule has 0 saturated heterocycles. The molecule has 1 fully saturated rings. The van der Waals surface area contributed by atoms with Crippen molar-refractivity contribution in [3.05, 3.63) is 47.9 Å². The predicted molar refractivity (Wildman–Crippen MR) is 101 cm³/mol. The minimum absolute atomic E-state index is 0.276. The van der Waals surface area contributed by atoms with Crippen LogP contribution >= 0.6 is 0 Å². The highest BCUT2D eigenvalue weighted by molar-refractivity contribution is 5.94. The van der Waals surface area contributed by atoms with Gasteiger partial charge < -0.3 is 10.3 Å². The number of aryl methyl sites for hydroxylation is 2. The first-order valence-corrected chi connectivity index (χ1v) is 8.70. The maximum absolute atomic E-state index is 11.8. The molecule has 6 heteroatoms. The summed E-state index contributed by atoms with van der Waals surface area (Å²) in [6.07, 6.45) is 5.29. The van der Waals surface area contributed by atoms with Crippen molar-refractivity contribution in [2.45, 2.75) is 25.2 Å². The molecular formula is C20H19N5O. The molecule has 3 heterocycles. The number of primary amides is 1. The molecule has 0 bridgehead atoms. The van der Waals surface area contributed by atoms with Crippen LogP contribution in [0.25, 0.3) is 33.1 Å². The molecule has 6 nitrogen and oxygen atoms in total. The average molecular weight is 345 g/mol. The van der Waals surface area contributed by atoms with E-state index in [1.807, 2.05) is 25.5 Å². The Hall–Kier alpha value is -3.15. The maximum Gasteiger partial charge on any atom is 0.229 e. The zero-order chi connectivity index (χ0) is 18.1. The second-order valence-corrected chi connectivity index (χ2v) is 7.23. The smallest absolute Gasteiger partial charge is 0.229 e. The molecule has 1 aliphatic rings. The van der Waals surface area contributed by atoms with E-state index in [0.717, 1.165) is 51.6 Å². The Morgan fingerprint density at radius 2 is 2.08 bits per heavy atom. The number of nitrogens with one attached hydrogen (secondary N) is 1. The molecule has 1 amide bonds. The van der Waals surface area contributed by atoms with Crippen LogP contribution in [0.15, 0.2) is 36.7 Å². The highest BCUT2D eigenvalue weighted by Gasteiger charge is 2.51. The highest BCUT2D eigenvalue weighted by atomic mass is 16.1. The van der Waals surface area contributed by atoms with E-state index in [0.29, 0.717) is 0 Å². The molecule has 1 aromatic carbocycles. The van der Waals surface area contributed by atoms with Gasteiger partial charge in [-0.1, -0.05) is 6.07 Å². The van der Waals surface area contributed by atoms with Crippen LogP contribution in [-0.2, 0) is 17.3 Å². The van der Waals surface area contributed by atoms with Crippen LogP contribution in [0.4, 0.5) is 0 Å². The number of amides is 1. The molecule has 3 aromatic heterocycles. The van der Waals surface area contributed by atoms with E-state index in [4.69, 9.17) is 5.73 Å². The summed E-state index contributed by atoms with van der Waals surface area (Å²) in [4.78, 5) is 16.4. The van der Waals surface area contributed by atoms with Gasteiger partial charge >= 0.3 is 0 Å². The number of carbonyl (C=O) groups excluding carboxylic acids is 1. The maximum atomic E-state index is 11.8. The number of H-pyrrole nitrogens is 1. The van der Waals surface area contributed by atoms with E-state index in [1.54, 1.807) is 0 Å². The molecule has 0 spiro atoms. The van der Waals surface area contributed by atoms with Crippen LogP contribution in [0, 0.1) is 6.92 Å². The zero-order valence-corrected chi connectivity index (χ0v) is 14.7. The predicted octanol–water partition coefficient (Wildman–Crippen LogP) is 2.94. The van der Waals surface area contributed by atoms with Gasteiger partial charge in [0.2, 0.25) is 5.91 Å². The number of benzene rings is 1. The molecule has 0 unspecified atom stereocenters. The summed E-state index contributed by atoms with van der Waals surface area (Å²) in [5, 5.41) is 9.35. The number of hydrogen-bond acceptors (Lipinski definition) is 3.